The molecule has 0 radical (unpaired) electrons. The van der Waals surface area contributed by atoms with E-state index in [4.69, 9.17) is 11.5 Å². The molecule has 0 saturated heterocycles. The fourth-order valence-corrected chi connectivity index (χ4v) is 1.39. The molecule has 0 amide bonds. The van der Waals surface area contributed by atoms with E-state index < -0.39 is 0 Å². The van der Waals surface area contributed by atoms with E-state index in [-0.39, 0.29) is 12.5 Å². The Morgan fingerprint density at radius 2 is 1.92 bits per heavy atom. The second-order valence-corrected chi connectivity index (χ2v) is 2.85. The van der Waals surface area contributed by atoms with E-state index in [1.165, 1.54) is 0 Å². The van der Waals surface area contributed by atoms with E-state index in [1.807, 2.05) is 24.3 Å². The number of nitrogens with one attached hydrogen (secondary N) is 2. The number of hydrogen-bond donors (Lipinski definition) is 4. The Morgan fingerprint density at radius 3 is 2.75 bits per heavy atom. The Bertz CT molecular complexity index is 286. The van der Waals surface area contributed by atoms with Crippen LogP contribution >= 0.6 is 0 Å². The van der Waals surface area contributed by atoms with Crippen molar-refractivity contribution in [1.29, 1.82) is 0 Å². The first-order valence-corrected chi connectivity index (χ1v) is 3.90. The first-order valence-electron chi connectivity index (χ1n) is 3.90. The van der Waals surface area contributed by atoms with Gasteiger partial charge in [-0.05, 0) is 6.07 Å². The molecule has 2 rings (SSSR count). The van der Waals surface area contributed by atoms with Gasteiger partial charge in [0.15, 0.2) is 0 Å². The predicted octanol–water partition coefficient (Wildman–Crippen LogP) is -0.0987. The molecular weight excluding hydrogens is 152 g/mol. The highest BCUT2D eigenvalue weighted by Gasteiger charge is 2.18. The molecule has 1 heterocycles. The first kappa shape index (κ1) is 7.54. The largest absolute Gasteiger partial charge is 0.357 e. The molecule has 0 aromatic heterocycles. The van der Waals surface area contributed by atoms with Crippen molar-refractivity contribution in [3.63, 3.8) is 0 Å². The highest BCUT2D eigenvalue weighted by atomic mass is 15.3. The molecule has 1 aliphatic rings. The summed E-state index contributed by atoms with van der Waals surface area (Å²) in [7, 11) is 0. The number of anilines is 1. The lowest BCUT2D eigenvalue weighted by Gasteiger charge is -2.29. The van der Waals surface area contributed by atoms with E-state index in [0.717, 1.165) is 11.3 Å². The maximum atomic E-state index is 5.81. The zero-order chi connectivity index (χ0) is 8.55. The summed E-state index contributed by atoms with van der Waals surface area (Å²) in [5.41, 5.74) is 13.5. The minimum Gasteiger partial charge on any atom is -0.357 e. The lowest BCUT2D eigenvalue weighted by molar-refractivity contribution is 0.466. The highest BCUT2D eigenvalue weighted by Crippen LogP contribution is 2.22. The molecule has 4 nitrogen and oxygen atoms in total. The van der Waals surface area contributed by atoms with Crippen LogP contribution in [0, 0.1) is 0 Å². The zero-order valence-electron chi connectivity index (χ0n) is 6.62. The summed E-state index contributed by atoms with van der Waals surface area (Å²) in [5, 5.41) is 6.06. The van der Waals surface area contributed by atoms with Gasteiger partial charge in [-0.1, -0.05) is 18.2 Å². The molecule has 0 bridgehead atoms. The van der Waals surface area contributed by atoms with Gasteiger partial charge in [-0.15, -0.1) is 0 Å². The van der Waals surface area contributed by atoms with Gasteiger partial charge in [-0.3, -0.25) is 11.1 Å². The topological polar surface area (TPSA) is 76.1 Å². The summed E-state index contributed by atoms with van der Waals surface area (Å²) in [6.07, 6.45) is -0.424. The van der Waals surface area contributed by atoms with E-state index >= 15 is 0 Å². The van der Waals surface area contributed by atoms with Crippen LogP contribution in [0.2, 0.25) is 0 Å². The van der Waals surface area contributed by atoms with Crippen LogP contribution in [0.1, 0.15) is 11.7 Å². The molecule has 6 N–H and O–H groups in total. The minimum atomic E-state index is -0.255. The average molecular weight is 164 g/mol. The van der Waals surface area contributed by atoms with Crippen LogP contribution in [0.4, 0.5) is 5.69 Å². The van der Waals surface area contributed by atoms with E-state index in [1.54, 1.807) is 0 Å². The van der Waals surface area contributed by atoms with Crippen molar-refractivity contribution in [3.8, 4) is 0 Å². The molecule has 64 valence electrons. The summed E-state index contributed by atoms with van der Waals surface area (Å²) in [6.45, 7) is 0. The molecule has 4 heteroatoms. The first-order chi connectivity index (χ1) is 5.77. The van der Waals surface area contributed by atoms with Crippen molar-refractivity contribution in [3.05, 3.63) is 29.8 Å². The fraction of sp³-hybridized carbons (Fsp3) is 0.250. The number of benzene rings is 1. The molecule has 0 saturated carbocycles. The lowest BCUT2D eigenvalue weighted by atomic mass is 10.1. The predicted molar refractivity (Wildman–Crippen MR) is 48.1 cm³/mol. The third kappa shape index (κ3) is 1.16. The minimum absolute atomic E-state index is 0.169. The normalized spacial score (nSPS) is 27.5. The molecule has 2 atom stereocenters. The Labute approximate surface area is 70.9 Å². The van der Waals surface area contributed by atoms with Crippen molar-refractivity contribution < 1.29 is 0 Å². The quantitative estimate of drug-likeness (QED) is 0.432. The van der Waals surface area contributed by atoms with Gasteiger partial charge in [0.05, 0.1) is 6.17 Å². The average Bonchev–Trinajstić information content (AvgIpc) is 2.04. The molecule has 2 unspecified atom stereocenters. The van der Waals surface area contributed by atoms with Crippen molar-refractivity contribution in [1.82, 2.24) is 5.32 Å². The SMILES string of the molecule is NC1Nc2ccccc2C(N)N1. The van der Waals surface area contributed by atoms with Crippen molar-refractivity contribution in [2.45, 2.75) is 12.5 Å². The van der Waals surface area contributed by atoms with Gasteiger partial charge in [0.25, 0.3) is 0 Å². The Hall–Kier alpha value is -1.10. The van der Waals surface area contributed by atoms with Crippen molar-refractivity contribution in [2.75, 3.05) is 5.32 Å². The standard InChI is InChI=1S/C8H12N4/c9-7-5-3-1-2-4-6(5)11-8(10)12-7/h1-4,7-8,11-12H,9-10H2. The molecule has 1 aliphatic heterocycles. The Kier molecular flexibility index (Phi) is 1.73. The van der Waals surface area contributed by atoms with E-state index in [9.17, 15) is 0 Å². The van der Waals surface area contributed by atoms with Crippen LogP contribution in [-0.2, 0) is 0 Å². The van der Waals surface area contributed by atoms with Crippen molar-refractivity contribution >= 4 is 5.69 Å². The van der Waals surface area contributed by atoms with Crippen LogP contribution in [-0.4, -0.2) is 6.29 Å². The monoisotopic (exact) mass is 164 g/mol. The smallest absolute Gasteiger partial charge is 0.131 e. The summed E-state index contributed by atoms with van der Waals surface area (Å²) in [4.78, 5) is 0. The second-order valence-electron chi connectivity index (χ2n) is 2.85. The number of rotatable bonds is 0. The molecule has 0 aliphatic carbocycles. The molecule has 1 aromatic rings. The second kappa shape index (κ2) is 2.75. The Balaban J connectivity index is 2.40. The van der Waals surface area contributed by atoms with Gasteiger partial charge in [-0.25, -0.2) is 0 Å². The molecule has 1 aromatic carbocycles. The number of para-hydroxylation sites is 1. The summed E-state index contributed by atoms with van der Waals surface area (Å²) >= 11 is 0. The number of hydrogen-bond acceptors (Lipinski definition) is 4. The maximum Gasteiger partial charge on any atom is 0.131 e. The van der Waals surface area contributed by atoms with Gasteiger partial charge >= 0.3 is 0 Å². The third-order valence-corrected chi connectivity index (χ3v) is 1.97. The van der Waals surface area contributed by atoms with Crippen LogP contribution in [0.5, 0.6) is 0 Å². The maximum absolute atomic E-state index is 5.81. The van der Waals surface area contributed by atoms with Crippen LogP contribution in [0.3, 0.4) is 0 Å². The van der Waals surface area contributed by atoms with Crippen LogP contribution in [0.25, 0.3) is 0 Å². The molecular formula is C8H12N4. The van der Waals surface area contributed by atoms with E-state index in [2.05, 4.69) is 10.6 Å². The molecule has 12 heavy (non-hydrogen) atoms. The number of nitrogens with two attached hydrogens (primary N) is 2. The van der Waals surface area contributed by atoms with Crippen LogP contribution in [0.15, 0.2) is 24.3 Å². The van der Waals surface area contributed by atoms with Gasteiger partial charge in [0.1, 0.15) is 6.29 Å². The summed E-state index contributed by atoms with van der Waals surface area (Å²) in [5.74, 6) is 0. The summed E-state index contributed by atoms with van der Waals surface area (Å²) < 4.78 is 0. The fourth-order valence-electron chi connectivity index (χ4n) is 1.39. The summed E-state index contributed by atoms with van der Waals surface area (Å²) in [6, 6.07) is 7.86. The van der Waals surface area contributed by atoms with Gasteiger partial charge in [0, 0.05) is 11.3 Å². The molecule has 0 fully saturated rings. The van der Waals surface area contributed by atoms with Gasteiger partial charge < -0.3 is 11.1 Å². The van der Waals surface area contributed by atoms with Crippen LogP contribution < -0.4 is 22.1 Å². The van der Waals surface area contributed by atoms with Crippen molar-refractivity contribution in [2.24, 2.45) is 11.5 Å². The molecule has 0 spiro atoms. The third-order valence-electron chi connectivity index (χ3n) is 1.97. The van der Waals surface area contributed by atoms with Gasteiger partial charge in [-0.2, -0.15) is 0 Å². The van der Waals surface area contributed by atoms with E-state index in [0.29, 0.717) is 0 Å². The van der Waals surface area contributed by atoms with Gasteiger partial charge in [0.2, 0.25) is 0 Å². The lowest BCUT2D eigenvalue weighted by Crippen LogP contribution is -2.51. The number of fused-ring (bicyclic) bond motifs is 1. The Morgan fingerprint density at radius 1 is 1.17 bits per heavy atom. The highest BCUT2D eigenvalue weighted by molar-refractivity contribution is 5.54. The zero-order valence-corrected chi connectivity index (χ0v) is 6.62.